The van der Waals surface area contributed by atoms with Gasteiger partial charge >= 0.3 is 0 Å². The second kappa shape index (κ2) is 8.50. The van der Waals surface area contributed by atoms with Gasteiger partial charge in [0.1, 0.15) is 0 Å². The van der Waals surface area contributed by atoms with E-state index in [1.807, 2.05) is 13.0 Å². The van der Waals surface area contributed by atoms with E-state index in [9.17, 15) is 9.90 Å². The molecule has 0 bridgehead atoms. The molecule has 0 aliphatic heterocycles. The number of hydrogen-bond acceptors (Lipinski definition) is 3. The first-order valence-electron chi connectivity index (χ1n) is 8.68. The molecule has 1 aromatic heterocycles. The lowest BCUT2D eigenvalue weighted by molar-refractivity contribution is 0.0587. The van der Waals surface area contributed by atoms with Crippen LogP contribution in [0.1, 0.15) is 66.3 Å². The number of aromatic nitrogens is 1. The second-order valence-corrected chi connectivity index (χ2v) is 6.60. The standard InChI is InChI=1S/C18H30N2O3/c1-13-11-17(18(22)19-10-9-16(21)12-23-3)14(2)20(13)15-7-5-4-6-8-15/h11,15-16,21H,4-10,12H2,1-3H3,(H,19,22). The molecule has 1 aliphatic rings. The molecule has 5 heteroatoms. The number of rotatable bonds is 7. The Hall–Kier alpha value is -1.33. The van der Waals surface area contributed by atoms with Crippen LogP contribution in [0, 0.1) is 13.8 Å². The third-order valence-electron chi connectivity index (χ3n) is 4.79. The van der Waals surface area contributed by atoms with E-state index in [0.717, 1.165) is 11.3 Å². The van der Waals surface area contributed by atoms with Gasteiger partial charge < -0.3 is 19.7 Å². The predicted octanol–water partition coefficient (Wildman–Crippen LogP) is 2.74. The molecule has 23 heavy (non-hydrogen) atoms. The van der Waals surface area contributed by atoms with Gasteiger partial charge in [0.2, 0.25) is 0 Å². The lowest BCUT2D eigenvalue weighted by Crippen LogP contribution is -2.29. The Morgan fingerprint density at radius 2 is 2.09 bits per heavy atom. The van der Waals surface area contributed by atoms with Gasteiger partial charge in [0.15, 0.2) is 0 Å². The van der Waals surface area contributed by atoms with Crippen molar-refractivity contribution in [1.29, 1.82) is 0 Å². The first-order valence-corrected chi connectivity index (χ1v) is 8.68. The molecule has 0 spiro atoms. The number of ether oxygens (including phenoxy) is 1. The molecule has 0 saturated heterocycles. The SMILES string of the molecule is COCC(O)CCNC(=O)c1cc(C)n(C2CCCCC2)c1C. The predicted molar refractivity (Wildman–Crippen MR) is 90.9 cm³/mol. The number of aliphatic hydroxyl groups excluding tert-OH is 1. The molecule has 1 aliphatic carbocycles. The number of methoxy groups -OCH3 is 1. The number of nitrogens with zero attached hydrogens (tertiary/aromatic N) is 1. The van der Waals surface area contributed by atoms with E-state index < -0.39 is 6.10 Å². The van der Waals surface area contributed by atoms with E-state index in [1.165, 1.54) is 37.8 Å². The fourth-order valence-electron chi connectivity index (χ4n) is 3.63. The maximum atomic E-state index is 12.4. The van der Waals surface area contributed by atoms with Gasteiger partial charge in [0.25, 0.3) is 5.91 Å². The second-order valence-electron chi connectivity index (χ2n) is 6.60. The van der Waals surface area contributed by atoms with Crippen LogP contribution < -0.4 is 5.32 Å². The number of carbonyl (C=O) groups excluding carboxylic acids is 1. The summed E-state index contributed by atoms with van der Waals surface area (Å²) < 4.78 is 7.23. The third-order valence-corrected chi connectivity index (χ3v) is 4.79. The van der Waals surface area contributed by atoms with Crippen molar-refractivity contribution in [3.05, 3.63) is 23.0 Å². The molecular weight excluding hydrogens is 292 g/mol. The Kier molecular flexibility index (Phi) is 6.66. The largest absolute Gasteiger partial charge is 0.391 e. The van der Waals surface area contributed by atoms with Crippen LogP contribution in [0.5, 0.6) is 0 Å². The maximum Gasteiger partial charge on any atom is 0.253 e. The highest BCUT2D eigenvalue weighted by atomic mass is 16.5. The molecule has 130 valence electrons. The monoisotopic (exact) mass is 322 g/mol. The van der Waals surface area contributed by atoms with Crippen LogP contribution in [-0.2, 0) is 4.74 Å². The summed E-state index contributed by atoms with van der Waals surface area (Å²) in [5, 5.41) is 12.5. The first kappa shape index (κ1) is 18.0. The molecule has 1 saturated carbocycles. The molecule has 1 heterocycles. The Balaban J connectivity index is 1.98. The summed E-state index contributed by atoms with van der Waals surface area (Å²) in [6.07, 6.45) is 6.27. The zero-order valence-electron chi connectivity index (χ0n) is 14.6. The van der Waals surface area contributed by atoms with Gasteiger partial charge in [-0.1, -0.05) is 19.3 Å². The van der Waals surface area contributed by atoms with E-state index in [1.54, 1.807) is 7.11 Å². The van der Waals surface area contributed by atoms with Gasteiger partial charge in [0, 0.05) is 31.1 Å². The van der Waals surface area contributed by atoms with Crippen molar-refractivity contribution in [3.63, 3.8) is 0 Å². The zero-order valence-corrected chi connectivity index (χ0v) is 14.6. The molecular formula is C18H30N2O3. The first-order chi connectivity index (χ1) is 11.0. The smallest absolute Gasteiger partial charge is 0.253 e. The normalized spacial score (nSPS) is 17.2. The van der Waals surface area contributed by atoms with E-state index in [4.69, 9.17) is 4.74 Å². The van der Waals surface area contributed by atoms with Crippen molar-refractivity contribution in [1.82, 2.24) is 9.88 Å². The summed E-state index contributed by atoms with van der Waals surface area (Å²) in [6, 6.07) is 2.53. The quantitative estimate of drug-likeness (QED) is 0.811. The number of hydrogen-bond donors (Lipinski definition) is 2. The summed E-state index contributed by atoms with van der Waals surface area (Å²) in [5.74, 6) is -0.0511. The van der Waals surface area contributed by atoms with Crippen molar-refractivity contribution in [3.8, 4) is 0 Å². The number of aliphatic hydroxyl groups is 1. The van der Waals surface area contributed by atoms with Crippen LogP contribution in [-0.4, -0.2) is 41.9 Å². The van der Waals surface area contributed by atoms with Gasteiger partial charge in [-0.3, -0.25) is 4.79 Å². The fraction of sp³-hybridized carbons (Fsp3) is 0.722. The molecule has 5 nitrogen and oxygen atoms in total. The Bertz CT molecular complexity index is 519. The summed E-state index contributed by atoms with van der Waals surface area (Å²) in [6.45, 7) is 4.87. The van der Waals surface area contributed by atoms with Crippen LogP contribution in [0.2, 0.25) is 0 Å². The van der Waals surface area contributed by atoms with Crippen LogP contribution >= 0.6 is 0 Å². The summed E-state index contributed by atoms with van der Waals surface area (Å²) in [4.78, 5) is 12.4. The Labute approximate surface area is 139 Å². The molecule has 1 atom stereocenters. The van der Waals surface area contributed by atoms with E-state index in [-0.39, 0.29) is 5.91 Å². The van der Waals surface area contributed by atoms with Crippen molar-refractivity contribution in [2.24, 2.45) is 0 Å². The highest BCUT2D eigenvalue weighted by Crippen LogP contribution is 2.32. The van der Waals surface area contributed by atoms with Gasteiger partial charge in [-0.15, -0.1) is 0 Å². The molecule has 0 aromatic carbocycles. The van der Waals surface area contributed by atoms with E-state index >= 15 is 0 Å². The fourth-order valence-corrected chi connectivity index (χ4v) is 3.63. The average Bonchev–Trinajstić information content (AvgIpc) is 2.83. The van der Waals surface area contributed by atoms with Crippen LogP contribution in [0.15, 0.2) is 6.07 Å². The summed E-state index contributed by atoms with van der Waals surface area (Å²) in [7, 11) is 1.56. The van der Waals surface area contributed by atoms with Crippen LogP contribution in [0.25, 0.3) is 0 Å². The molecule has 1 unspecified atom stereocenters. The zero-order chi connectivity index (χ0) is 16.8. The molecule has 1 fully saturated rings. The lowest BCUT2D eigenvalue weighted by atomic mass is 9.95. The van der Waals surface area contributed by atoms with Gasteiger partial charge in [-0.05, 0) is 39.2 Å². The van der Waals surface area contributed by atoms with Crippen molar-refractivity contribution >= 4 is 5.91 Å². The van der Waals surface area contributed by atoms with Crippen molar-refractivity contribution < 1.29 is 14.6 Å². The van der Waals surface area contributed by atoms with Gasteiger partial charge in [-0.25, -0.2) is 0 Å². The number of carbonyl (C=O) groups is 1. The topological polar surface area (TPSA) is 63.5 Å². The third kappa shape index (κ3) is 4.58. The highest BCUT2D eigenvalue weighted by molar-refractivity contribution is 5.95. The summed E-state index contributed by atoms with van der Waals surface area (Å²) in [5.41, 5.74) is 2.98. The molecule has 1 aromatic rings. The minimum absolute atomic E-state index is 0.0511. The van der Waals surface area contributed by atoms with Gasteiger partial charge in [0.05, 0.1) is 18.3 Å². The average molecular weight is 322 g/mol. The lowest BCUT2D eigenvalue weighted by Gasteiger charge is -2.26. The Morgan fingerprint density at radius 1 is 1.39 bits per heavy atom. The Morgan fingerprint density at radius 3 is 2.74 bits per heavy atom. The molecule has 0 radical (unpaired) electrons. The minimum Gasteiger partial charge on any atom is -0.391 e. The van der Waals surface area contributed by atoms with Crippen LogP contribution in [0.3, 0.4) is 0 Å². The molecule has 1 amide bonds. The number of nitrogens with one attached hydrogen (secondary N) is 1. The van der Waals surface area contributed by atoms with E-state index in [2.05, 4.69) is 16.8 Å². The summed E-state index contributed by atoms with van der Waals surface area (Å²) >= 11 is 0. The van der Waals surface area contributed by atoms with Gasteiger partial charge in [-0.2, -0.15) is 0 Å². The minimum atomic E-state index is -0.532. The van der Waals surface area contributed by atoms with Crippen molar-refractivity contribution in [2.75, 3.05) is 20.3 Å². The molecule has 2 N–H and O–H groups in total. The molecule has 2 rings (SSSR count). The van der Waals surface area contributed by atoms with E-state index in [0.29, 0.717) is 25.6 Å². The highest BCUT2D eigenvalue weighted by Gasteiger charge is 2.22. The number of aryl methyl sites for hydroxylation is 1. The maximum absolute atomic E-state index is 12.4. The number of amides is 1. The van der Waals surface area contributed by atoms with Crippen molar-refractivity contribution in [2.45, 2.75) is 64.5 Å². The van der Waals surface area contributed by atoms with Crippen LogP contribution in [0.4, 0.5) is 0 Å².